The van der Waals surface area contributed by atoms with Crippen LogP contribution in [0.2, 0.25) is 0 Å². The fraction of sp³-hybridized carbons (Fsp3) is 0.524. The molecule has 2 aromatic heterocycles. The molecule has 0 spiro atoms. The number of rotatable bonds is 4. The van der Waals surface area contributed by atoms with Crippen molar-refractivity contribution in [1.82, 2.24) is 25.2 Å². The number of benzene rings is 1. The molecule has 3 atom stereocenters. The van der Waals surface area contributed by atoms with E-state index in [2.05, 4.69) is 59.6 Å². The highest BCUT2D eigenvalue weighted by Gasteiger charge is 2.58. The van der Waals surface area contributed by atoms with Gasteiger partial charge in [0, 0.05) is 17.5 Å². The zero-order valence-corrected chi connectivity index (χ0v) is 16.8. The van der Waals surface area contributed by atoms with Gasteiger partial charge in [-0.2, -0.15) is 0 Å². The second kappa shape index (κ2) is 6.13. The number of aromatic amines is 1. The van der Waals surface area contributed by atoms with E-state index < -0.39 is 11.5 Å². The molecule has 152 valence electrons. The van der Waals surface area contributed by atoms with Gasteiger partial charge in [-0.1, -0.05) is 13.0 Å². The molecule has 2 N–H and O–H groups in total. The van der Waals surface area contributed by atoms with Crippen LogP contribution < -0.4 is 0 Å². The Kier molecular flexibility index (Phi) is 3.87. The Labute approximate surface area is 168 Å². The van der Waals surface area contributed by atoms with E-state index in [4.69, 9.17) is 4.74 Å². The summed E-state index contributed by atoms with van der Waals surface area (Å²) in [4.78, 5) is 12.1. The molecular weight excluding hydrogens is 370 g/mol. The number of aromatic nitrogens is 5. The van der Waals surface area contributed by atoms with Gasteiger partial charge >= 0.3 is 5.97 Å². The van der Waals surface area contributed by atoms with E-state index in [1.165, 1.54) is 5.56 Å². The molecule has 3 aromatic rings. The number of tetrazole rings is 1. The molecule has 0 unspecified atom stereocenters. The highest BCUT2D eigenvalue weighted by Crippen LogP contribution is 2.55. The zero-order valence-electron chi connectivity index (χ0n) is 16.8. The first-order valence-electron chi connectivity index (χ1n) is 10.1. The van der Waals surface area contributed by atoms with Gasteiger partial charge in [0.15, 0.2) is 5.82 Å². The van der Waals surface area contributed by atoms with Crippen molar-refractivity contribution >= 4 is 16.9 Å². The Balaban J connectivity index is 1.64. The lowest BCUT2D eigenvalue weighted by Crippen LogP contribution is -2.32. The second-order valence-electron chi connectivity index (χ2n) is 9.07. The van der Waals surface area contributed by atoms with E-state index in [-0.39, 0.29) is 17.2 Å². The lowest BCUT2D eigenvalue weighted by molar-refractivity contribution is -0.0592. The Hall–Kier alpha value is -2.74. The van der Waals surface area contributed by atoms with Crippen LogP contribution in [-0.2, 0) is 10.3 Å². The van der Waals surface area contributed by atoms with Crippen molar-refractivity contribution in [2.24, 2.45) is 5.92 Å². The number of carboxylic acid groups (broad SMARTS) is 1. The minimum absolute atomic E-state index is 0.136. The molecule has 0 bridgehead atoms. The maximum atomic E-state index is 12.1. The number of nitrogens with zero attached hydrogens (tertiary/aromatic N) is 4. The third kappa shape index (κ3) is 2.77. The number of nitrogens with one attached hydrogen (secondary N) is 1. The summed E-state index contributed by atoms with van der Waals surface area (Å²) in [6.07, 6.45) is 2.73. The predicted molar refractivity (Wildman–Crippen MR) is 106 cm³/mol. The average molecular weight is 395 g/mol. The fourth-order valence-electron chi connectivity index (χ4n) is 5.09. The van der Waals surface area contributed by atoms with Gasteiger partial charge in [0.1, 0.15) is 11.2 Å². The number of aromatic carboxylic acids is 1. The fourth-order valence-corrected chi connectivity index (χ4v) is 5.09. The van der Waals surface area contributed by atoms with Crippen LogP contribution in [0.25, 0.3) is 10.9 Å². The van der Waals surface area contributed by atoms with Crippen molar-refractivity contribution in [1.29, 1.82) is 0 Å². The van der Waals surface area contributed by atoms with Gasteiger partial charge in [-0.05, 0) is 79.1 Å². The molecule has 1 aliphatic carbocycles. The van der Waals surface area contributed by atoms with Crippen molar-refractivity contribution in [2.45, 2.75) is 57.1 Å². The van der Waals surface area contributed by atoms with Crippen LogP contribution in [0.5, 0.6) is 0 Å². The van der Waals surface area contributed by atoms with Crippen molar-refractivity contribution in [2.75, 3.05) is 6.61 Å². The summed E-state index contributed by atoms with van der Waals surface area (Å²) < 4.78 is 7.77. The predicted octanol–water partition coefficient (Wildman–Crippen LogP) is 3.31. The SMILES string of the molecule is C[C@H]1C[C@]1(c1nnn[nH]1)n1c(C(=O)O)cc2cc([C@H]3CCOC(C)(C)C3)ccc21. The first kappa shape index (κ1) is 18.3. The van der Waals surface area contributed by atoms with Crippen LogP contribution in [0, 0.1) is 5.92 Å². The van der Waals surface area contributed by atoms with Gasteiger partial charge in [-0.3, -0.25) is 0 Å². The Morgan fingerprint density at radius 2 is 2.10 bits per heavy atom. The summed E-state index contributed by atoms with van der Waals surface area (Å²) in [6, 6.07) is 8.11. The molecule has 0 radical (unpaired) electrons. The molecule has 2 aliphatic rings. The third-order valence-corrected chi connectivity index (χ3v) is 6.64. The first-order valence-corrected chi connectivity index (χ1v) is 10.1. The van der Waals surface area contributed by atoms with Gasteiger partial charge in [0.25, 0.3) is 0 Å². The molecule has 2 fully saturated rings. The summed E-state index contributed by atoms with van der Waals surface area (Å²) in [5, 5.41) is 25.3. The third-order valence-electron chi connectivity index (χ3n) is 6.64. The van der Waals surface area contributed by atoms with Crippen molar-refractivity contribution in [3.05, 3.63) is 41.3 Å². The minimum atomic E-state index is -0.944. The van der Waals surface area contributed by atoms with E-state index in [0.717, 1.165) is 36.8 Å². The topological polar surface area (TPSA) is 106 Å². The van der Waals surface area contributed by atoms with Gasteiger partial charge in [-0.15, -0.1) is 5.10 Å². The van der Waals surface area contributed by atoms with Gasteiger partial charge in [-0.25, -0.2) is 9.89 Å². The summed E-state index contributed by atoms with van der Waals surface area (Å²) in [5.74, 6) is 0.315. The summed E-state index contributed by atoms with van der Waals surface area (Å²) >= 11 is 0. The standard InChI is InChI=1S/C21H25N5O3/c1-12-10-21(12,19-22-24-25-23-19)26-16-5-4-13(8-15(16)9-17(26)18(27)28)14-6-7-29-20(2,3)11-14/h4-5,8-9,12,14H,6-7,10-11H2,1-3H3,(H,27,28)(H,22,23,24,25)/t12-,14-,21-/m0/s1. The molecule has 5 rings (SSSR count). The largest absolute Gasteiger partial charge is 0.477 e. The van der Waals surface area contributed by atoms with E-state index in [1.807, 2.05) is 4.57 Å². The molecular formula is C21H25N5O3. The lowest BCUT2D eigenvalue weighted by atomic mass is 9.83. The lowest BCUT2D eigenvalue weighted by Gasteiger charge is -2.35. The molecule has 1 saturated heterocycles. The van der Waals surface area contributed by atoms with Crippen molar-refractivity contribution in [3.8, 4) is 0 Å². The molecule has 29 heavy (non-hydrogen) atoms. The number of carbonyl (C=O) groups is 1. The van der Waals surface area contributed by atoms with Crippen molar-refractivity contribution < 1.29 is 14.6 Å². The minimum Gasteiger partial charge on any atom is -0.477 e. The van der Waals surface area contributed by atoms with Crippen LogP contribution in [0.1, 0.15) is 67.8 Å². The van der Waals surface area contributed by atoms with Gasteiger partial charge in [0.05, 0.1) is 5.60 Å². The number of H-pyrrole nitrogens is 1. The van der Waals surface area contributed by atoms with Gasteiger partial charge in [0.2, 0.25) is 0 Å². The van der Waals surface area contributed by atoms with E-state index >= 15 is 0 Å². The number of carboxylic acids is 1. The van der Waals surface area contributed by atoms with E-state index in [1.54, 1.807) is 6.07 Å². The zero-order chi connectivity index (χ0) is 20.4. The molecule has 8 nitrogen and oxygen atoms in total. The monoisotopic (exact) mass is 395 g/mol. The molecule has 1 aliphatic heterocycles. The Morgan fingerprint density at radius 3 is 2.72 bits per heavy atom. The summed E-state index contributed by atoms with van der Waals surface area (Å²) in [6.45, 7) is 7.09. The Morgan fingerprint density at radius 1 is 1.31 bits per heavy atom. The van der Waals surface area contributed by atoms with E-state index in [0.29, 0.717) is 11.7 Å². The first-order chi connectivity index (χ1) is 13.8. The normalized spacial score (nSPS) is 28.5. The number of fused-ring (bicyclic) bond motifs is 1. The van der Waals surface area contributed by atoms with Crippen LogP contribution in [0.15, 0.2) is 24.3 Å². The number of ether oxygens (including phenoxy) is 1. The quantitative estimate of drug-likeness (QED) is 0.702. The summed E-state index contributed by atoms with van der Waals surface area (Å²) in [7, 11) is 0. The molecule has 3 heterocycles. The average Bonchev–Trinajstić information content (AvgIpc) is 3.08. The molecule has 1 aromatic carbocycles. The molecule has 8 heteroatoms. The smallest absolute Gasteiger partial charge is 0.352 e. The highest BCUT2D eigenvalue weighted by molar-refractivity contribution is 5.95. The highest BCUT2D eigenvalue weighted by atomic mass is 16.5. The van der Waals surface area contributed by atoms with Gasteiger partial charge < -0.3 is 14.4 Å². The maximum Gasteiger partial charge on any atom is 0.352 e. The molecule has 1 saturated carbocycles. The van der Waals surface area contributed by atoms with E-state index in [9.17, 15) is 9.90 Å². The maximum absolute atomic E-state index is 12.1. The van der Waals surface area contributed by atoms with Crippen LogP contribution >= 0.6 is 0 Å². The van der Waals surface area contributed by atoms with Crippen LogP contribution in [0.3, 0.4) is 0 Å². The number of hydrogen-bond acceptors (Lipinski definition) is 5. The second-order valence-corrected chi connectivity index (χ2v) is 9.07. The van der Waals surface area contributed by atoms with Crippen LogP contribution in [-0.4, -0.2) is 48.5 Å². The Bertz CT molecular complexity index is 1090. The van der Waals surface area contributed by atoms with Crippen molar-refractivity contribution in [3.63, 3.8) is 0 Å². The summed E-state index contributed by atoms with van der Waals surface area (Å²) in [5.41, 5.74) is 1.73. The van der Waals surface area contributed by atoms with Crippen LogP contribution in [0.4, 0.5) is 0 Å². The molecule has 0 amide bonds. The number of hydrogen-bond donors (Lipinski definition) is 2.